The first-order valence-electron chi connectivity index (χ1n) is 13.0. The average Bonchev–Trinajstić information content (AvgIpc) is 2.80. The molecule has 1 heterocycles. The van der Waals surface area contributed by atoms with E-state index in [-0.39, 0.29) is 16.9 Å². The Labute approximate surface area is 210 Å². The number of hydrogen-bond donors (Lipinski definition) is 0. The normalized spacial score (nSPS) is 12.6. The van der Waals surface area contributed by atoms with E-state index >= 15 is 0 Å². The number of para-hydroxylation sites is 1. The minimum Gasteiger partial charge on any atom is -0.338 e. The first-order valence-corrected chi connectivity index (χ1v) is 13.0. The summed E-state index contributed by atoms with van der Waals surface area (Å²) >= 11 is 0. The molecule has 3 aromatic rings. The maximum absolute atomic E-state index is 13.3. The molecular formula is C30H41N3O2. The number of carbonyl (C=O) groups is 1. The Balaban J connectivity index is 1.75. The van der Waals surface area contributed by atoms with Crippen LogP contribution < -0.4 is 5.56 Å². The molecule has 188 valence electrons. The van der Waals surface area contributed by atoms with Crippen LogP contribution in [0, 0.1) is 11.3 Å². The Kier molecular flexibility index (Phi) is 9.25. The zero-order chi connectivity index (χ0) is 25.4. The van der Waals surface area contributed by atoms with Crippen LogP contribution in [0.1, 0.15) is 71.7 Å². The van der Waals surface area contributed by atoms with Crippen LogP contribution in [0.5, 0.6) is 0 Å². The molecule has 0 aliphatic carbocycles. The molecule has 0 aliphatic heterocycles. The third-order valence-electron chi connectivity index (χ3n) is 6.27. The maximum atomic E-state index is 13.3. The van der Waals surface area contributed by atoms with Gasteiger partial charge in [-0.1, -0.05) is 77.1 Å². The van der Waals surface area contributed by atoms with Crippen LogP contribution in [0.2, 0.25) is 0 Å². The molecule has 1 atom stereocenters. The van der Waals surface area contributed by atoms with Gasteiger partial charge in [0.05, 0.1) is 10.9 Å². The summed E-state index contributed by atoms with van der Waals surface area (Å²) in [4.78, 5) is 33.2. The molecule has 35 heavy (non-hydrogen) atoms. The van der Waals surface area contributed by atoms with Gasteiger partial charge in [0.2, 0.25) is 5.91 Å². The number of aromatic nitrogens is 2. The standard InChI is InChI=1S/C30H41N3O2/c1-6-18-33-27(31-26-16-11-10-15-25(26)29(33)35)17-12-19-32(22-24-13-8-7-9-14-24)28(34)20-23(2)21-30(3,4)5/h7-11,13-16,23H,6,12,17-22H2,1-5H3. The first kappa shape index (κ1) is 26.7. The fourth-order valence-corrected chi connectivity index (χ4v) is 4.93. The number of rotatable bonds is 11. The van der Waals surface area contributed by atoms with Crippen LogP contribution >= 0.6 is 0 Å². The van der Waals surface area contributed by atoms with Gasteiger partial charge in [0.1, 0.15) is 5.82 Å². The topological polar surface area (TPSA) is 55.2 Å². The summed E-state index contributed by atoms with van der Waals surface area (Å²) in [6, 6.07) is 17.7. The molecule has 0 saturated heterocycles. The summed E-state index contributed by atoms with van der Waals surface area (Å²) in [6.07, 6.45) is 3.87. The molecule has 0 bridgehead atoms. The molecule has 0 spiro atoms. The van der Waals surface area contributed by atoms with E-state index in [2.05, 4.69) is 46.8 Å². The highest BCUT2D eigenvalue weighted by molar-refractivity contribution is 5.77. The number of aryl methyl sites for hydroxylation is 1. The van der Waals surface area contributed by atoms with E-state index in [9.17, 15) is 9.59 Å². The summed E-state index contributed by atoms with van der Waals surface area (Å²) in [5, 5.41) is 0.665. The second-order valence-electron chi connectivity index (χ2n) is 11.0. The molecule has 0 N–H and O–H groups in total. The van der Waals surface area contributed by atoms with Gasteiger partial charge < -0.3 is 4.90 Å². The lowest BCUT2D eigenvalue weighted by atomic mass is 9.84. The van der Waals surface area contributed by atoms with Crippen LogP contribution in [0.25, 0.3) is 10.9 Å². The van der Waals surface area contributed by atoms with Crippen LogP contribution in [0.3, 0.4) is 0 Å². The second kappa shape index (κ2) is 12.1. The molecule has 3 rings (SSSR count). The lowest BCUT2D eigenvalue weighted by Crippen LogP contribution is -2.33. The number of hydrogen-bond acceptors (Lipinski definition) is 3. The van der Waals surface area contributed by atoms with Crippen molar-refractivity contribution in [3.63, 3.8) is 0 Å². The number of amides is 1. The van der Waals surface area contributed by atoms with Gasteiger partial charge in [0.25, 0.3) is 5.56 Å². The lowest BCUT2D eigenvalue weighted by Gasteiger charge is -2.27. The van der Waals surface area contributed by atoms with Gasteiger partial charge in [0.15, 0.2) is 0 Å². The largest absolute Gasteiger partial charge is 0.338 e. The highest BCUT2D eigenvalue weighted by atomic mass is 16.2. The number of fused-ring (bicyclic) bond motifs is 1. The van der Waals surface area contributed by atoms with Crippen LogP contribution in [0.4, 0.5) is 0 Å². The second-order valence-corrected chi connectivity index (χ2v) is 11.0. The Bertz CT molecular complexity index is 1160. The molecule has 0 radical (unpaired) electrons. The monoisotopic (exact) mass is 475 g/mol. The average molecular weight is 476 g/mol. The fraction of sp³-hybridized carbons (Fsp3) is 0.500. The van der Waals surface area contributed by atoms with Gasteiger partial charge in [-0.2, -0.15) is 0 Å². The molecule has 2 aromatic carbocycles. The van der Waals surface area contributed by atoms with Crippen molar-refractivity contribution in [2.75, 3.05) is 6.54 Å². The lowest BCUT2D eigenvalue weighted by molar-refractivity contribution is -0.133. The number of carbonyl (C=O) groups excluding carboxylic acids is 1. The predicted molar refractivity (Wildman–Crippen MR) is 144 cm³/mol. The van der Waals surface area contributed by atoms with Crippen LogP contribution in [0.15, 0.2) is 59.4 Å². The van der Waals surface area contributed by atoms with Crippen molar-refractivity contribution >= 4 is 16.8 Å². The van der Waals surface area contributed by atoms with Crippen molar-refractivity contribution in [2.24, 2.45) is 11.3 Å². The van der Waals surface area contributed by atoms with E-state index in [1.165, 1.54) is 0 Å². The Hall–Kier alpha value is -2.95. The van der Waals surface area contributed by atoms with Gasteiger partial charge in [0, 0.05) is 32.5 Å². The van der Waals surface area contributed by atoms with Gasteiger partial charge in [-0.15, -0.1) is 0 Å². The number of nitrogens with zero attached hydrogens (tertiary/aromatic N) is 3. The predicted octanol–water partition coefficient (Wildman–Crippen LogP) is 6.23. The van der Waals surface area contributed by atoms with Gasteiger partial charge in [-0.3, -0.25) is 14.2 Å². The van der Waals surface area contributed by atoms with Gasteiger partial charge in [-0.25, -0.2) is 4.98 Å². The summed E-state index contributed by atoms with van der Waals surface area (Å²) in [5.74, 6) is 1.34. The Morgan fingerprint density at radius 2 is 1.74 bits per heavy atom. The summed E-state index contributed by atoms with van der Waals surface area (Å²) in [5.41, 5.74) is 2.11. The molecule has 0 aliphatic rings. The smallest absolute Gasteiger partial charge is 0.261 e. The highest BCUT2D eigenvalue weighted by Gasteiger charge is 2.21. The van der Waals surface area contributed by atoms with E-state index < -0.39 is 0 Å². The molecular weight excluding hydrogens is 434 g/mol. The molecule has 1 amide bonds. The minimum atomic E-state index is 0.0284. The summed E-state index contributed by atoms with van der Waals surface area (Å²) in [7, 11) is 0. The Morgan fingerprint density at radius 1 is 1.06 bits per heavy atom. The van der Waals surface area contributed by atoms with Crippen molar-refractivity contribution in [2.45, 2.75) is 79.8 Å². The van der Waals surface area contributed by atoms with Crippen molar-refractivity contribution in [3.05, 3.63) is 76.3 Å². The molecule has 5 heteroatoms. The van der Waals surface area contributed by atoms with Crippen molar-refractivity contribution in [1.29, 1.82) is 0 Å². The fourth-order valence-electron chi connectivity index (χ4n) is 4.93. The van der Waals surface area contributed by atoms with E-state index in [4.69, 9.17) is 4.98 Å². The third-order valence-corrected chi connectivity index (χ3v) is 6.27. The quantitative estimate of drug-likeness (QED) is 0.330. The first-order chi connectivity index (χ1) is 16.7. The minimum absolute atomic E-state index is 0.0284. The SMILES string of the molecule is CCCn1c(CCCN(Cc2ccccc2)C(=O)CC(C)CC(C)(C)C)nc2ccccc2c1=O. The molecule has 1 aromatic heterocycles. The zero-order valence-corrected chi connectivity index (χ0v) is 22.1. The van der Waals surface area contributed by atoms with E-state index in [0.29, 0.717) is 43.8 Å². The van der Waals surface area contributed by atoms with Crippen molar-refractivity contribution in [3.8, 4) is 0 Å². The van der Waals surface area contributed by atoms with Crippen LogP contribution in [-0.2, 0) is 24.3 Å². The summed E-state index contributed by atoms with van der Waals surface area (Å²) < 4.78 is 1.82. The van der Waals surface area contributed by atoms with Crippen LogP contribution in [-0.4, -0.2) is 26.9 Å². The van der Waals surface area contributed by atoms with Crippen molar-refractivity contribution < 1.29 is 4.79 Å². The summed E-state index contributed by atoms with van der Waals surface area (Å²) in [6.45, 7) is 12.8. The Morgan fingerprint density at radius 3 is 2.43 bits per heavy atom. The van der Waals surface area contributed by atoms with E-state index in [1.54, 1.807) is 0 Å². The molecule has 1 unspecified atom stereocenters. The highest BCUT2D eigenvalue weighted by Crippen LogP contribution is 2.26. The van der Waals surface area contributed by atoms with Gasteiger partial charge >= 0.3 is 0 Å². The van der Waals surface area contributed by atoms with Gasteiger partial charge in [-0.05, 0) is 48.3 Å². The van der Waals surface area contributed by atoms with E-state index in [0.717, 1.165) is 36.2 Å². The zero-order valence-electron chi connectivity index (χ0n) is 22.1. The maximum Gasteiger partial charge on any atom is 0.261 e. The third kappa shape index (κ3) is 7.78. The molecule has 0 fully saturated rings. The molecule has 5 nitrogen and oxygen atoms in total. The van der Waals surface area contributed by atoms with Crippen molar-refractivity contribution in [1.82, 2.24) is 14.5 Å². The molecule has 0 saturated carbocycles. The van der Waals surface area contributed by atoms with E-state index in [1.807, 2.05) is 51.9 Å². The number of benzene rings is 2.